The molecule has 0 bridgehead atoms. The van der Waals surface area contributed by atoms with Crippen LogP contribution in [-0.2, 0) is 30.5 Å². The summed E-state index contributed by atoms with van der Waals surface area (Å²) in [6.45, 7) is 2.65. The maximum absolute atomic E-state index is 12.9. The van der Waals surface area contributed by atoms with E-state index in [2.05, 4.69) is 25.4 Å². The first-order valence-corrected chi connectivity index (χ1v) is 11.5. The van der Waals surface area contributed by atoms with Crippen LogP contribution in [0, 0.1) is 0 Å². The van der Waals surface area contributed by atoms with Gasteiger partial charge in [-0.3, -0.25) is 14.5 Å². The zero-order chi connectivity index (χ0) is 25.6. The summed E-state index contributed by atoms with van der Waals surface area (Å²) in [5, 5.41) is 16.9. The van der Waals surface area contributed by atoms with Crippen molar-refractivity contribution in [3.63, 3.8) is 0 Å². The lowest BCUT2D eigenvalue weighted by molar-refractivity contribution is -0.141. The molecule has 2 atom stereocenters. The first-order chi connectivity index (χ1) is 17.1. The number of aliphatic hydroxyl groups is 1. The van der Waals surface area contributed by atoms with Crippen molar-refractivity contribution >= 4 is 23.4 Å². The van der Waals surface area contributed by atoms with E-state index in [0.29, 0.717) is 36.2 Å². The lowest BCUT2D eigenvalue weighted by Gasteiger charge is -2.43. The minimum Gasteiger partial charge on any atom is -0.391 e. The number of aryl methyl sites for hydroxylation is 1. The number of amides is 1. The number of nitrogens with zero attached hydrogens (tertiary/aromatic N) is 7. The third kappa shape index (κ3) is 4.45. The van der Waals surface area contributed by atoms with Crippen molar-refractivity contribution in [2.75, 3.05) is 28.7 Å². The number of rotatable bonds is 6. The van der Waals surface area contributed by atoms with Crippen LogP contribution in [0.1, 0.15) is 36.0 Å². The number of aromatic nitrogens is 5. The topological polar surface area (TPSA) is 112 Å². The molecule has 0 aliphatic carbocycles. The Labute approximate surface area is 204 Å². The number of carbonyl (C=O) groups excluding carboxylic acids is 1. The Morgan fingerprint density at radius 3 is 2.72 bits per heavy atom. The second-order valence-corrected chi connectivity index (χ2v) is 8.96. The molecule has 5 heterocycles. The number of pyridine rings is 1. The van der Waals surface area contributed by atoms with E-state index in [1.54, 1.807) is 36.0 Å². The van der Waals surface area contributed by atoms with Gasteiger partial charge in [0.2, 0.25) is 5.95 Å². The summed E-state index contributed by atoms with van der Waals surface area (Å²) in [7, 11) is 1.74. The van der Waals surface area contributed by atoms with E-state index in [1.165, 1.54) is 10.9 Å². The van der Waals surface area contributed by atoms with Gasteiger partial charge in [-0.2, -0.15) is 23.3 Å². The van der Waals surface area contributed by atoms with Gasteiger partial charge < -0.3 is 20.2 Å². The van der Waals surface area contributed by atoms with Crippen LogP contribution in [0.15, 0.2) is 30.6 Å². The molecule has 0 saturated heterocycles. The van der Waals surface area contributed by atoms with Gasteiger partial charge in [-0.15, -0.1) is 0 Å². The number of hydrogen-bond acceptors (Lipinski definition) is 8. The number of likely N-dealkylation sites (N-methyl/N-ethyl adjacent to an activating group) is 1. The third-order valence-electron chi connectivity index (χ3n) is 6.32. The Morgan fingerprint density at radius 2 is 2.06 bits per heavy atom. The molecular formula is C23H25F3N8O2. The summed E-state index contributed by atoms with van der Waals surface area (Å²) in [5.41, 5.74) is 1.95. The van der Waals surface area contributed by atoms with E-state index in [9.17, 15) is 23.1 Å². The summed E-state index contributed by atoms with van der Waals surface area (Å²) >= 11 is 0. The SMILES string of the molecule is C[C@@H](O)[C@H]1C(=O)N2CCCc3nc(NCc4ccc(Cn5ccc(C(F)(F)F)n5)nc4)nc(c32)N1C. The average Bonchev–Trinajstić information content (AvgIpc) is 3.31. The molecule has 13 heteroatoms. The van der Waals surface area contributed by atoms with Gasteiger partial charge in [-0.05, 0) is 37.5 Å². The van der Waals surface area contributed by atoms with E-state index in [0.717, 1.165) is 30.2 Å². The average molecular weight is 503 g/mol. The molecule has 10 nitrogen and oxygen atoms in total. The Hall–Kier alpha value is -3.74. The number of alkyl halides is 3. The quantitative estimate of drug-likeness (QED) is 0.528. The molecular weight excluding hydrogens is 477 g/mol. The van der Waals surface area contributed by atoms with Crippen molar-refractivity contribution in [2.24, 2.45) is 0 Å². The maximum Gasteiger partial charge on any atom is 0.435 e. The summed E-state index contributed by atoms with van der Waals surface area (Å²) in [6.07, 6.45) is -0.944. The Bertz CT molecular complexity index is 1280. The van der Waals surface area contributed by atoms with Crippen LogP contribution in [0.25, 0.3) is 0 Å². The Kier molecular flexibility index (Phi) is 6.02. The minimum atomic E-state index is -4.48. The maximum atomic E-state index is 12.9. The van der Waals surface area contributed by atoms with Gasteiger partial charge in [0.15, 0.2) is 11.5 Å². The highest BCUT2D eigenvalue weighted by Gasteiger charge is 2.43. The first kappa shape index (κ1) is 24.0. The third-order valence-corrected chi connectivity index (χ3v) is 6.32. The van der Waals surface area contributed by atoms with Crippen molar-refractivity contribution < 1.29 is 23.1 Å². The van der Waals surface area contributed by atoms with Crippen LogP contribution in [0.3, 0.4) is 0 Å². The fourth-order valence-electron chi connectivity index (χ4n) is 4.59. The van der Waals surface area contributed by atoms with E-state index in [1.807, 2.05) is 6.07 Å². The van der Waals surface area contributed by atoms with Gasteiger partial charge in [-0.25, -0.2) is 4.98 Å². The van der Waals surface area contributed by atoms with Gasteiger partial charge in [0.25, 0.3) is 5.91 Å². The monoisotopic (exact) mass is 502 g/mol. The zero-order valence-electron chi connectivity index (χ0n) is 19.7. The summed E-state index contributed by atoms with van der Waals surface area (Å²) in [5.74, 6) is 0.844. The predicted octanol–water partition coefficient (Wildman–Crippen LogP) is 2.23. The second kappa shape index (κ2) is 9.04. The molecule has 2 aliphatic rings. The van der Waals surface area contributed by atoms with Crippen LogP contribution in [0.5, 0.6) is 0 Å². The highest BCUT2D eigenvalue weighted by molar-refractivity contribution is 6.06. The number of carbonyl (C=O) groups is 1. The molecule has 0 spiro atoms. The highest BCUT2D eigenvalue weighted by atomic mass is 19.4. The Morgan fingerprint density at radius 1 is 1.25 bits per heavy atom. The molecule has 2 aliphatic heterocycles. The first-order valence-electron chi connectivity index (χ1n) is 11.5. The zero-order valence-corrected chi connectivity index (χ0v) is 19.7. The molecule has 0 saturated carbocycles. The Balaban J connectivity index is 1.30. The van der Waals surface area contributed by atoms with Gasteiger partial charge in [0.05, 0.1) is 24.0 Å². The number of nitrogens with one attached hydrogen (secondary N) is 1. The molecule has 1 amide bonds. The van der Waals surface area contributed by atoms with Crippen LogP contribution >= 0.6 is 0 Å². The van der Waals surface area contributed by atoms with Gasteiger partial charge in [0.1, 0.15) is 11.7 Å². The second-order valence-electron chi connectivity index (χ2n) is 8.96. The minimum absolute atomic E-state index is 0.118. The fraction of sp³-hybridized carbons (Fsp3) is 0.435. The molecule has 0 unspecified atom stereocenters. The number of halogens is 3. The van der Waals surface area contributed by atoms with E-state index >= 15 is 0 Å². The van der Waals surface area contributed by atoms with E-state index < -0.39 is 24.0 Å². The lowest BCUT2D eigenvalue weighted by Crippen LogP contribution is -2.58. The van der Waals surface area contributed by atoms with Crippen LogP contribution in [0.2, 0.25) is 0 Å². The van der Waals surface area contributed by atoms with Crippen molar-refractivity contribution in [3.05, 3.63) is 53.2 Å². The van der Waals surface area contributed by atoms with E-state index in [-0.39, 0.29) is 12.5 Å². The highest BCUT2D eigenvalue weighted by Crippen LogP contribution is 2.40. The largest absolute Gasteiger partial charge is 0.435 e. The molecule has 0 radical (unpaired) electrons. The van der Waals surface area contributed by atoms with Gasteiger partial charge >= 0.3 is 6.18 Å². The van der Waals surface area contributed by atoms with Crippen LogP contribution < -0.4 is 15.1 Å². The number of anilines is 3. The van der Waals surface area contributed by atoms with Gasteiger partial charge in [0, 0.05) is 32.5 Å². The lowest BCUT2D eigenvalue weighted by atomic mass is 10.00. The summed E-state index contributed by atoms with van der Waals surface area (Å²) in [4.78, 5) is 29.9. The van der Waals surface area contributed by atoms with E-state index in [4.69, 9.17) is 0 Å². The van der Waals surface area contributed by atoms with Crippen molar-refractivity contribution in [1.29, 1.82) is 0 Å². The van der Waals surface area contributed by atoms with Crippen molar-refractivity contribution in [3.8, 4) is 0 Å². The summed E-state index contributed by atoms with van der Waals surface area (Å²) < 4.78 is 39.4. The molecule has 3 aromatic rings. The smallest absolute Gasteiger partial charge is 0.391 e. The molecule has 5 rings (SSSR count). The standard InChI is InChI=1S/C23H25F3N8O2/c1-13(35)18-21(36)34-8-3-4-16-19(34)20(32(18)2)30-22(29-16)28-11-14-5-6-15(27-10-14)12-33-9-7-17(31-33)23(24,25)26/h5-7,9-10,13,18,35H,3-4,8,11-12H2,1-2H3,(H,28,29,30)/t13-,18+/m1/s1. The molecule has 190 valence electrons. The normalized spacial score (nSPS) is 18.3. The number of hydrogen-bond donors (Lipinski definition) is 2. The number of aliphatic hydroxyl groups excluding tert-OH is 1. The fourth-order valence-corrected chi connectivity index (χ4v) is 4.59. The predicted molar refractivity (Wildman–Crippen MR) is 124 cm³/mol. The van der Waals surface area contributed by atoms with Crippen molar-refractivity contribution in [1.82, 2.24) is 24.7 Å². The van der Waals surface area contributed by atoms with Gasteiger partial charge in [-0.1, -0.05) is 6.07 Å². The van der Waals surface area contributed by atoms with Crippen LogP contribution in [-0.4, -0.2) is 61.5 Å². The molecule has 0 aromatic carbocycles. The molecule has 0 fully saturated rings. The molecule has 3 aromatic heterocycles. The van der Waals surface area contributed by atoms with Crippen LogP contribution in [0.4, 0.5) is 30.6 Å². The van der Waals surface area contributed by atoms with Crippen molar-refractivity contribution in [2.45, 2.75) is 51.2 Å². The summed E-state index contributed by atoms with van der Waals surface area (Å²) in [6, 6.07) is 3.76. The molecule has 36 heavy (non-hydrogen) atoms. The molecule has 2 N–H and O–H groups in total.